The number of aromatic hydroxyl groups is 1. The molecule has 0 unspecified atom stereocenters. The van der Waals surface area contributed by atoms with E-state index in [1.807, 2.05) is 0 Å². The van der Waals surface area contributed by atoms with Gasteiger partial charge in [0.1, 0.15) is 23.1 Å². The van der Waals surface area contributed by atoms with Crippen LogP contribution in [-0.2, 0) is 14.3 Å². The van der Waals surface area contributed by atoms with Crippen molar-refractivity contribution in [2.24, 2.45) is 16.0 Å². The molecule has 0 saturated carbocycles. The maximum atomic E-state index is 12.3. The zero-order chi connectivity index (χ0) is 22.5. The van der Waals surface area contributed by atoms with Crippen molar-refractivity contribution in [1.82, 2.24) is 0 Å². The van der Waals surface area contributed by atoms with Crippen molar-refractivity contribution in [3.05, 3.63) is 53.6 Å². The molecule has 2 rings (SSSR count). The molecule has 0 saturated heterocycles. The maximum Gasteiger partial charge on any atom is 0.337 e. The van der Waals surface area contributed by atoms with Gasteiger partial charge >= 0.3 is 17.9 Å². The molecule has 0 aliphatic rings. The van der Waals surface area contributed by atoms with Crippen LogP contribution in [0.3, 0.4) is 0 Å². The van der Waals surface area contributed by atoms with Crippen molar-refractivity contribution in [3.63, 3.8) is 0 Å². The molecule has 0 bridgehead atoms. The number of aliphatic carboxylic acids is 1. The van der Waals surface area contributed by atoms with E-state index < -0.39 is 36.0 Å². The molecule has 5 N–H and O–H groups in total. The minimum Gasteiger partial charge on any atom is -0.508 e. The van der Waals surface area contributed by atoms with Gasteiger partial charge in [-0.15, -0.1) is 5.11 Å². The van der Waals surface area contributed by atoms with E-state index in [0.717, 1.165) is 0 Å². The highest BCUT2D eigenvalue weighted by Crippen LogP contribution is 2.31. The summed E-state index contributed by atoms with van der Waals surface area (Å²) < 4.78 is 5.16. The summed E-state index contributed by atoms with van der Waals surface area (Å²) in [6.45, 7) is 2.85. The molecule has 0 aliphatic heterocycles. The van der Waals surface area contributed by atoms with Crippen LogP contribution >= 0.6 is 0 Å². The number of ether oxygens (including phenoxy) is 1. The van der Waals surface area contributed by atoms with Crippen LogP contribution in [0.15, 0.2) is 52.7 Å². The molecule has 0 amide bonds. The number of nitrogens with two attached hydrogens (primary N) is 1. The Balaban J connectivity index is 2.26. The van der Waals surface area contributed by atoms with E-state index in [2.05, 4.69) is 10.2 Å². The fourth-order valence-corrected chi connectivity index (χ4v) is 2.57. The van der Waals surface area contributed by atoms with Gasteiger partial charge in [0.05, 0.1) is 17.7 Å². The Morgan fingerprint density at radius 3 is 2.40 bits per heavy atom. The summed E-state index contributed by atoms with van der Waals surface area (Å²) in [5.74, 6) is -3.53. The third-order valence-corrected chi connectivity index (χ3v) is 3.96. The van der Waals surface area contributed by atoms with Gasteiger partial charge in [0, 0.05) is 5.56 Å². The van der Waals surface area contributed by atoms with Crippen LogP contribution in [0.1, 0.15) is 42.2 Å². The SMILES string of the molecule is CC(C)(CC(=O)O)OC(=O)[C@H](N)c1cc(N=Nc2ccccc2C(=O)O)ccc1O. The van der Waals surface area contributed by atoms with Gasteiger partial charge in [0.15, 0.2) is 0 Å². The zero-order valence-corrected chi connectivity index (χ0v) is 16.3. The predicted octanol–water partition coefficient (Wildman–Crippen LogP) is 3.30. The summed E-state index contributed by atoms with van der Waals surface area (Å²) in [7, 11) is 0. The molecular formula is C20H21N3O7. The Morgan fingerprint density at radius 1 is 1.10 bits per heavy atom. The molecule has 0 aromatic heterocycles. The Kier molecular flexibility index (Phi) is 6.85. The van der Waals surface area contributed by atoms with Crippen molar-refractivity contribution in [3.8, 4) is 5.75 Å². The topological polar surface area (TPSA) is 172 Å². The number of aromatic carboxylic acids is 1. The minimum atomic E-state index is -1.40. The Labute approximate surface area is 171 Å². The highest BCUT2D eigenvalue weighted by molar-refractivity contribution is 5.93. The lowest BCUT2D eigenvalue weighted by Crippen LogP contribution is -2.35. The first-order valence-corrected chi connectivity index (χ1v) is 8.77. The fourth-order valence-electron chi connectivity index (χ4n) is 2.57. The van der Waals surface area contributed by atoms with Crippen LogP contribution in [0, 0.1) is 0 Å². The molecule has 2 aromatic carbocycles. The number of carboxylic acids is 2. The Morgan fingerprint density at radius 2 is 1.77 bits per heavy atom. The number of carbonyl (C=O) groups is 3. The highest BCUT2D eigenvalue weighted by Gasteiger charge is 2.30. The second-order valence-corrected chi connectivity index (χ2v) is 6.99. The number of nitrogens with zero attached hydrogens (tertiary/aromatic N) is 2. The van der Waals surface area contributed by atoms with Gasteiger partial charge in [-0.1, -0.05) is 12.1 Å². The van der Waals surface area contributed by atoms with Crippen LogP contribution in [0.25, 0.3) is 0 Å². The number of phenols is 1. The van der Waals surface area contributed by atoms with Crippen molar-refractivity contribution >= 4 is 29.3 Å². The predicted molar refractivity (Wildman–Crippen MR) is 105 cm³/mol. The molecule has 2 aromatic rings. The number of hydrogen-bond acceptors (Lipinski definition) is 8. The van der Waals surface area contributed by atoms with E-state index in [4.69, 9.17) is 15.6 Å². The molecule has 0 radical (unpaired) electrons. The van der Waals surface area contributed by atoms with Crippen LogP contribution < -0.4 is 5.73 Å². The van der Waals surface area contributed by atoms with E-state index in [-0.39, 0.29) is 28.3 Å². The number of azo groups is 1. The number of rotatable bonds is 8. The average molecular weight is 415 g/mol. The van der Waals surface area contributed by atoms with Crippen LogP contribution in [0.4, 0.5) is 11.4 Å². The number of phenolic OH excluding ortho intramolecular Hbond substituents is 1. The number of benzene rings is 2. The van der Waals surface area contributed by atoms with Gasteiger partial charge in [0.2, 0.25) is 0 Å². The van der Waals surface area contributed by atoms with Crippen LogP contribution in [0.5, 0.6) is 5.75 Å². The van der Waals surface area contributed by atoms with Crippen molar-refractivity contribution in [2.75, 3.05) is 0 Å². The molecule has 0 aliphatic carbocycles. The molecule has 158 valence electrons. The summed E-state index contributed by atoms with van der Waals surface area (Å²) in [6, 6.07) is 8.56. The first-order valence-electron chi connectivity index (χ1n) is 8.77. The van der Waals surface area contributed by atoms with E-state index in [9.17, 15) is 24.6 Å². The minimum absolute atomic E-state index is 0.00547. The lowest BCUT2D eigenvalue weighted by Gasteiger charge is -2.25. The molecule has 30 heavy (non-hydrogen) atoms. The van der Waals surface area contributed by atoms with Crippen LogP contribution in [-0.4, -0.2) is 38.8 Å². The van der Waals surface area contributed by atoms with E-state index >= 15 is 0 Å². The van der Waals surface area contributed by atoms with Gasteiger partial charge in [-0.25, -0.2) is 9.59 Å². The van der Waals surface area contributed by atoms with Gasteiger partial charge < -0.3 is 25.8 Å². The lowest BCUT2D eigenvalue weighted by atomic mass is 10.0. The van der Waals surface area contributed by atoms with Gasteiger partial charge in [-0.05, 0) is 44.2 Å². The lowest BCUT2D eigenvalue weighted by molar-refractivity contribution is -0.162. The van der Waals surface area contributed by atoms with E-state index in [1.165, 1.54) is 44.2 Å². The van der Waals surface area contributed by atoms with Crippen molar-refractivity contribution in [2.45, 2.75) is 31.9 Å². The molecule has 0 heterocycles. The van der Waals surface area contributed by atoms with E-state index in [0.29, 0.717) is 0 Å². The van der Waals surface area contributed by atoms with Gasteiger partial charge in [-0.3, -0.25) is 4.79 Å². The number of esters is 1. The van der Waals surface area contributed by atoms with Gasteiger partial charge in [0.25, 0.3) is 0 Å². The standard InChI is InChI=1S/C20H21N3O7/c1-20(2,10-16(25)26)30-19(29)17(21)13-9-11(7-8-15(13)24)22-23-14-6-4-3-5-12(14)18(27)28/h3-9,17,24H,10,21H2,1-2H3,(H,25,26)(H,27,28)/t17-/m1/s1. The fraction of sp³-hybridized carbons (Fsp3) is 0.250. The van der Waals surface area contributed by atoms with E-state index in [1.54, 1.807) is 12.1 Å². The molecule has 10 nitrogen and oxygen atoms in total. The number of hydrogen-bond donors (Lipinski definition) is 4. The Bertz CT molecular complexity index is 1000. The smallest absolute Gasteiger partial charge is 0.337 e. The number of carbonyl (C=O) groups excluding carboxylic acids is 1. The third kappa shape index (κ3) is 5.85. The molecule has 1 atom stereocenters. The summed E-state index contributed by atoms with van der Waals surface area (Å²) in [6.07, 6.45) is -0.422. The largest absolute Gasteiger partial charge is 0.508 e. The first kappa shape index (κ1) is 22.5. The molecule has 0 spiro atoms. The second-order valence-electron chi connectivity index (χ2n) is 6.99. The molecule has 10 heteroatoms. The normalized spacial score (nSPS) is 12.5. The monoisotopic (exact) mass is 415 g/mol. The quantitative estimate of drug-likeness (QED) is 0.375. The van der Waals surface area contributed by atoms with Crippen molar-refractivity contribution < 1.29 is 34.4 Å². The van der Waals surface area contributed by atoms with Crippen LogP contribution in [0.2, 0.25) is 0 Å². The second kappa shape index (κ2) is 9.14. The summed E-state index contributed by atoms with van der Waals surface area (Å²) in [5, 5.41) is 36.0. The summed E-state index contributed by atoms with van der Waals surface area (Å²) in [5.41, 5.74) is 4.87. The highest BCUT2D eigenvalue weighted by atomic mass is 16.6. The average Bonchev–Trinajstić information content (AvgIpc) is 2.65. The first-order chi connectivity index (χ1) is 14.0. The zero-order valence-electron chi connectivity index (χ0n) is 16.3. The summed E-state index contributed by atoms with van der Waals surface area (Å²) >= 11 is 0. The molecule has 0 fully saturated rings. The molecular weight excluding hydrogens is 394 g/mol. The maximum absolute atomic E-state index is 12.3. The third-order valence-electron chi connectivity index (χ3n) is 3.96. The van der Waals surface area contributed by atoms with Gasteiger partial charge in [-0.2, -0.15) is 5.11 Å². The summed E-state index contributed by atoms with van der Waals surface area (Å²) in [4.78, 5) is 34.4. The van der Waals surface area contributed by atoms with Crippen molar-refractivity contribution in [1.29, 1.82) is 0 Å². The number of carboxylic acid groups (broad SMARTS) is 2. The Hall–Kier alpha value is -3.79.